The van der Waals surface area contributed by atoms with Gasteiger partial charge in [0.25, 0.3) is 5.91 Å². The summed E-state index contributed by atoms with van der Waals surface area (Å²) in [5.74, 6) is -2.43. The third kappa shape index (κ3) is 4.38. The van der Waals surface area contributed by atoms with Crippen molar-refractivity contribution in [2.75, 3.05) is 6.61 Å². The number of pyridine rings is 2. The van der Waals surface area contributed by atoms with Crippen molar-refractivity contribution in [1.29, 1.82) is 0 Å². The number of benzene rings is 1. The standard InChI is InChI=1S/C21H14BrF4N3O3/c22-13-4-5-15(28-11-13)19(30)29-20(7-9-31-17-2-1-8-27-18(17)20)12-3-6-16(14(23)10-12)32-21(24,25)26/h1-6,8,10-11H,7,9H2,(H,29,30)/t20-/m0/s1. The summed E-state index contributed by atoms with van der Waals surface area (Å²) in [6.07, 6.45) is -1.98. The Morgan fingerprint density at radius 2 is 2.00 bits per heavy atom. The second-order valence-electron chi connectivity index (χ2n) is 6.86. The lowest BCUT2D eigenvalue weighted by Gasteiger charge is -2.39. The van der Waals surface area contributed by atoms with E-state index in [1.165, 1.54) is 24.5 Å². The number of hydrogen-bond donors (Lipinski definition) is 1. The Morgan fingerprint density at radius 1 is 1.19 bits per heavy atom. The predicted molar refractivity (Wildman–Crippen MR) is 108 cm³/mol. The van der Waals surface area contributed by atoms with Gasteiger partial charge in [-0.2, -0.15) is 0 Å². The number of nitrogens with zero attached hydrogens (tertiary/aromatic N) is 2. The van der Waals surface area contributed by atoms with Crippen LogP contribution in [0.25, 0.3) is 0 Å². The lowest BCUT2D eigenvalue weighted by Crippen LogP contribution is -2.50. The van der Waals surface area contributed by atoms with Gasteiger partial charge in [-0.3, -0.25) is 9.78 Å². The van der Waals surface area contributed by atoms with Gasteiger partial charge in [-0.1, -0.05) is 6.07 Å². The average Bonchev–Trinajstić information content (AvgIpc) is 2.75. The number of carbonyl (C=O) groups is 1. The minimum atomic E-state index is -5.05. The summed E-state index contributed by atoms with van der Waals surface area (Å²) in [6.45, 7) is 0.148. The minimum absolute atomic E-state index is 0.0917. The van der Waals surface area contributed by atoms with Crippen LogP contribution >= 0.6 is 15.9 Å². The average molecular weight is 512 g/mol. The smallest absolute Gasteiger partial charge is 0.491 e. The molecular weight excluding hydrogens is 498 g/mol. The molecule has 0 radical (unpaired) electrons. The quantitative estimate of drug-likeness (QED) is 0.512. The number of carbonyl (C=O) groups excluding carboxylic acids is 1. The van der Waals surface area contributed by atoms with Gasteiger partial charge in [-0.15, -0.1) is 13.2 Å². The molecule has 1 amide bonds. The van der Waals surface area contributed by atoms with Crippen LogP contribution in [0.2, 0.25) is 0 Å². The number of ether oxygens (including phenoxy) is 2. The summed E-state index contributed by atoms with van der Waals surface area (Å²) in [6, 6.07) is 9.40. The SMILES string of the molecule is O=C(N[C@]1(c2ccc(OC(F)(F)F)c(F)c2)CCOc2cccnc21)c1ccc(Br)cn1. The molecule has 1 N–H and O–H groups in total. The van der Waals surface area contributed by atoms with E-state index >= 15 is 0 Å². The first-order valence-electron chi connectivity index (χ1n) is 9.26. The van der Waals surface area contributed by atoms with Crippen molar-refractivity contribution in [3.05, 3.63) is 82.1 Å². The second-order valence-corrected chi connectivity index (χ2v) is 7.78. The van der Waals surface area contributed by atoms with Crippen molar-refractivity contribution in [3.8, 4) is 11.5 Å². The zero-order valence-corrected chi connectivity index (χ0v) is 17.7. The van der Waals surface area contributed by atoms with Gasteiger partial charge in [0.1, 0.15) is 22.7 Å². The lowest BCUT2D eigenvalue weighted by molar-refractivity contribution is -0.275. The molecule has 0 saturated heterocycles. The van der Waals surface area contributed by atoms with Crippen molar-refractivity contribution in [2.24, 2.45) is 0 Å². The number of rotatable bonds is 4. The first kappa shape index (κ1) is 22.0. The molecule has 0 fully saturated rings. The van der Waals surface area contributed by atoms with E-state index in [1.807, 2.05) is 0 Å². The molecule has 1 aliphatic heterocycles. The van der Waals surface area contributed by atoms with Crippen LogP contribution in [0.5, 0.6) is 11.5 Å². The Bertz CT molecular complexity index is 1160. The lowest BCUT2D eigenvalue weighted by atomic mass is 9.81. The fourth-order valence-corrected chi connectivity index (χ4v) is 3.71. The van der Waals surface area contributed by atoms with Gasteiger partial charge in [-0.05, 0) is 57.9 Å². The van der Waals surface area contributed by atoms with Crippen LogP contribution in [0.4, 0.5) is 17.6 Å². The molecule has 4 rings (SSSR count). The Labute approximate surface area is 187 Å². The molecule has 0 spiro atoms. The molecule has 32 heavy (non-hydrogen) atoms. The van der Waals surface area contributed by atoms with E-state index in [2.05, 4.69) is 36.0 Å². The van der Waals surface area contributed by atoms with Gasteiger partial charge in [0.15, 0.2) is 11.6 Å². The fraction of sp³-hybridized carbons (Fsp3) is 0.190. The number of nitrogens with one attached hydrogen (secondary N) is 1. The molecule has 11 heteroatoms. The Hall–Kier alpha value is -3.21. The number of halogens is 5. The van der Waals surface area contributed by atoms with E-state index in [9.17, 15) is 22.4 Å². The monoisotopic (exact) mass is 511 g/mol. The van der Waals surface area contributed by atoms with E-state index in [0.717, 1.165) is 12.1 Å². The first-order valence-corrected chi connectivity index (χ1v) is 10.1. The third-order valence-corrected chi connectivity index (χ3v) is 5.32. The van der Waals surface area contributed by atoms with E-state index in [1.54, 1.807) is 18.2 Å². The molecule has 1 aliphatic rings. The maximum Gasteiger partial charge on any atom is 0.573 e. The van der Waals surface area contributed by atoms with Crippen molar-refractivity contribution in [3.63, 3.8) is 0 Å². The third-order valence-electron chi connectivity index (χ3n) is 4.85. The molecule has 0 unspecified atom stereocenters. The molecule has 3 heterocycles. The minimum Gasteiger partial charge on any atom is -0.491 e. The molecule has 1 atom stereocenters. The van der Waals surface area contributed by atoms with Gasteiger partial charge < -0.3 is 14.8 Å². The van der Waals surface area contributed by atoms with Gasteiger partial charge >= 0.3 is 6.36 Å². The molecule has 1 aromatic carbocycles. The highest BCUT2D eigenvalue weighted by molar-refractivity contribution is 9.10. The van der Waals surface area contributed by atoms with Crippen LogP contribution in [-0.2, 0) is 5.54 Å². The molecular formula is C21H14BrF4N3O3. The highest BCUT2D eigenvalue weighted by Gasteiger charge is 2.43. The van der Waals surface area contributed by atoms with E-state index in [4.69, 9.17) is 4.74 Å². The van der Waals surface area contributed by atoms with Crippen molar-refractivity contribution >= 4 is 21.8 Å². The van der Waals surface area contributed by atoms with E-state index in [0.29, 0.717) is 15.9 Å². The van der Waals surface area contributed by atoms with Gasteiger partial charge in [0.05, 0.1) is 6.61 Å². The van der Waals surface area contributed by atoms with Crippen LogP contribution < -0.4 is 14.8 Å². The van der Waals surface area contributed by atoms with Crippen molar-refractivity contribution < 1.29 is 31.8 Å². The molecule has 3 aromatic rings. The molecule has 0 bridgehead atoms. The molecule has 166 valence electrons. The highest BCUT2D eigenvalue weighted by atomic mass is 79.9. The molecule has 0 saturated carbocycles. The normalized spacial score (nSPS) is 17.8. The van der Waals surface area contributed by atoms with Gasteiger partial charge in [-0.25, -0.2) is 9.37 Å². The summed E-state index contributed by atoms with van der Waals surface area (Å²) in [4.78, 5) is 21.4. The van der Waals surface area contributed by atoms with Crippen molar-refractivity contribution in [2.45, 2.75) is 18.3 Å². The predicted octanol–water partition coefficient (Wildman–Crippen LogP) is 4.73. The first-order chi connectivity index (χ1) is 15.2. The summed E-state index contributed by atoms with van der Waals surface area (Å²) in [5, 5.41) is 2.85. The summed E-state index contributed by atoms with van der Waals surface area (Å²) in [7, 11) is 0. The van der Waals surface area contributed by atoms with Gasteiger partial charge in [0.2, 0.25) is 0 Å². The number of aromatic nitrogens is 2. The van der Waals surface area contributed by atoms with Gasteiger partial charge in [0, 0.05) is 23.3 Å². The number of fused-ring (bicyclic) bond motifs is 1. The van der Waals surface area contributed by atoms with Crippen LogP contribution in [0.1, 0.15) is 28.2 Å². The second kappa shape index (κ2) is 8.38. The zero-order chi connectivity index (χ0) is 22.9. The maximum atomic E-state index is 14.6. The Balaban J connectivity index is 1.80. The molecule has 6 nitrogen and oxygen atoms in total. The van der Waals surface area contributed by atoms with Crippen LogP contribution in [0, 0.1) is 5.82 Å². The van der Waals surface area contributed by atoms with Crippen LogP contribution in [0.3, 0.4) is 0 Å². The molecule has 0 aliphatic carbocycles. The maximum absolute atomic E-state index is 14.6. The number of alkyl halides is 3. The Kier molecular flexibility index (Phi) is 5.76. The van der Waals surface area contributed by atoms with E-state index in [-0.39, 0.29) is 24.3 Å². The largest absolute Gasteiger partial charge is 0.573 e. The summed E-state index contributed by atoms with van der Waals surface area (Å²) < 4.78 is 62.3. The zero-order valence-electron chi connectivity index (χ0n) is 16.1. The molecule has 2 aromatic heterocycles. The number of hydrogen-bond acceptors (Lipinski definition) is 5. The fourth-order valence-electron chi connectivity index (χ4n) is 3.48. The Morgan fingerprint density at radius 3 is 2.69 bits per heavy atom. The highest BCUT2D eigenvalue weighted by Crippen LogP contribution is 2.42. The topological polar surface area (TPSA) is 73.3 Å². The summed E-state index contributed by atoms with van der Waals surface area (Å²) >= 11 is 3.24. The van der Waals surface area contributed by atoms with E-state index < -0.39 is 29.4 Å². The van der Waals surface area contributed by atoms with Crippen molar-refractivity contribution in [1.82, 2.24) is 15.3 Å². The number of amides is 1. The van der Waals surface area contributed by atoms with Crippen LogP contribution in [0.15, 0.2) is 59.3 Å². The van der Waals surface area contributed by atoms with Crippen LogP contribution in [-0.4, -0.2) is 28.8 Å². The summed E-state index contributed by atoms with van der Waals surface area (Å²) in [5.41, 5.74) is -0.814.